The zero-order chi connectivity index (χ0) is 16.2. The van der Waals surface area contributed by atoms with Crippen molar-refractivity contribution in [3.63, 3.8) is 0 Å². The van der Waals surface area contributed by atoms with Crippen molar-refractivity contribution in [3.8, 4) is 0 Å². The topological polar surface area (TPSA) is 70.6 Å². The van der Waals surface area contributed by atoms with E-state index in [1.807, 2.05) is 30.0 Å². The van der Waals surface area contributed by atoms with Gasteiger partial charge in [-0.25, -0.2) is 12.7 Å². The maximum absolute atomic E-state index is 12.6. The van der Waals surface area contributed by atoms with E-state index in [0.717, 1.165) is 24.2 Å². The lowest BCUT2D eigenvalue weighted by Gasteiger charge is -2.21. The van der Waals surface area contributed by atoms with E-state index < -0.39 is 10.0 Å². The van der Waals surface area contributed by atoms with Crippen LogP contribution in [0.5, 0.6) is 0 Å². The predicted molar refractivity (Wildman–Crippen MR) is 84.9 cm³/mol. The zero-order valence-corrected chi connectivity index (χ0v) is 14.0. The Morgan fingerprint density at radius 3 is 2.65 bits per heavy atom. The molecular weight excluding hydrogens is 314 g/mol. The molecule has 2 atom stereocenters. The van der Waals surface area contributed by atoms with Crippen molar-refractivity contribution in [1.82, 2.24) is 14.2 Å². The lowest BCUT2D eigenvalue weighted by atomic mass is 10.0. The van der Waals surface area contributed by atoms with Gasteiger partial charge in [-0.3, -0.25) is 9.78 Å². The quantitative estimate of drug-likeness (QED) is 0.815. The Balaban J connectivity index is 1.44. The molecule has 0 bridgehead atoms. The highest BCUT2D eigenvalue weighted by molar-refractivity contribution is 7.90. The molecule has 3 aliphatic rings. The molecule has 1 amide bonds. The van der Waals surface area contributed by atoms with Gasteiger partial charge in [0, 0.05) is 31.2 Å². The summed E-state index contributed by atoms with van der Waals surface area (Å²) in [5.41, 5.74) is 1.83. The number of aryl methyl sites for hydroxylation is 1. The van der Waals surface area contributed by atoms with Gasteiger partial charge in [0.2, 0.25) is 15.9 Å². The zero-order valence-electron chi connectivity index (χ0n) is 13.2. The third-order valence-electron chi connectivity index (χ3n) is 5.10. The smallest absolute Gasteiger partial charge is 0.227 e. The summed E-state index contributed by atoms with van der Waals surface area (Å²) in [6.07, 6.45) is 1.54. The minimum absolute atomic E-state index is 0.0757. The van der Waals surface area contributed by atoms with Crippen LogP contribution in [0.3, 0.4) is 0 Å². The number of aromatic nitrogens is 1. The fraction of sp³-hybridized carbons (Fsp3) is 0.625. The lowest BCUT2D eigenvalue weighted by molar-refractivity contribution is -0.131. The van der Waals surface area contributed by atoms with Gasteiger partial charge in [-0.05, 0) is 31.9 Å². The van der Waals surface area contributed by atoms with E-state index in [1.165, 1.54) is 0 Å². The highest BCUT2D eigenvalue weighted by atomic mass is 32.2. The number of pyridine rings is 1. The predicted octanol–water partition coefficient (Wildman–Crippen LogP) is 0.772. The molecule has 0 unspecified atom stereocenters. The first-order chi connectivity index (χ1) is 10.9. The van der Waals surface area contributed by atoms with E-state index in [9.17, 15) is 13.2 Å². The monoisotopic (exact) mass is 335 g/mol. The third kappa shape index (κ3) is 2.65. The van der Waals surface area contributed by atoms with E-state index >= 15 is 0 Å². The summed E-state index contributed by atoms with van der Waals surface area (Å²) in [7, 11) is -3.16. The molecule has 2 saturated heterocycles. The van der Waals surface area contributed by atoms with Gasteiger partial charge in [-0.2, -0.15) is 0 Å². The number of sulfonamides is 1. The average Bonchev–Trinajstić information content (AvgIpc) is 3.21. The summed E-state index contributed by atoms with van der Waals surface area (Å²) in [5.74, 6) is 0.0287. The summed E-state index contributed by atoms with van der Waals surface area (Å²) >= 11 is 0. The van der Waals surface area contributed by atoms with Crippen LogP contribution in [0.15, 0.2) is 18.2 Å². The minimum Gasteiger partial charge on any atom is -0.336 e. The van der Waals surface area contributed by atoms with Crippen LogP contribution >= 0.6 is 0 Å². The number of hydrogen-bond donors (Lipinski definition) is 0. The molecule has 0 N–H and O–H groups in total. The van der Waals surface area contributed by atoms with E-state index in [4.69, 9.17) is 0 Å². The average molecular weight is 335 g/mol. The first-order valence-corrected chi connectivity index (χ1v) is 9.66. The van der Waals surface area contributed by atoms with Gasteiger partial charge in [0.05, 0.1) is 23.4 Å². The molecule has 3 heterocycles. The second-order valence-corrected chi connectivity index (χ2v) is 9.13. The molecule has 23 heavy (non-hydrogen) atoms. The molecule has 0 radical (unpaired) electrons. The van der Waals surface area contributed by atoms with Crippen LogP contribution < -0.4 is 0 Å². The molecule has 6 nitrogen and oxygen atoms in total. The van der Waals surface area contributed by atoms with Crippen molar-refractivity contribution < 1.29 is 13.2 Å². The molecule has 0 aromatic carbocycles. The van der Waals surface area contributed by atoms with Crippen molar-refractivity contribution >= 4 is 15.9 Å². The van der Waals surface area contributed by atoms with Crippen molar-refractivity contribution in [3.05, 3.63) is 29.6 Å². The number of nitrogens with zero attached hydrogens (tertiary/aromatic N) is 3. The minimum atomic E-state index is -3.16. The normalized spacial score (nSPS) is 28.4. The highest BCUT2D eigenvalue weighted by Crippen LogP contribution is 2.38. The molecule has 1 aromatic rings. The van der Waals surface area contributed by atoms with Gasteiger partial charge in [0.15, 0.2) is 0 Å². The number of likely N-dealkylation sites (tertiary alicyclic amines) is 1. The summed E-state index contributed by atoms with van der Waals surface area (Å²) in [6, 6.07) is 5.81. The Morgan fingerprint density at radius 1 is 1.22 bits per heavy atom. The second kappa shape index (κ2) is 5.27. The molecule has 1 aromatic heterocycles. The molecule has 1 aliphatic carbocycles. The number of amides is 1. The molecular formula is C16H21N3O3S. The summed E-state index contributed by atoms with van der Waals surface area (Å²) in [6.45, 7) is 3.94. The SMILES string of the molecule is Cc1cccc(CN2C[C@@H]3CN(S(=O)(=O)C4CC4)C[C@@H]3C2=O)n1. The van der Waals surface area contributed by atoms with Crippen LogP contribution in [-0.2, 0) is 21.4 Å². The number of fused-ring (bicyclic) bond motifs is 1. The van der Waals surface area contributed by atoms with Crippen molar-refractivity contribution in [2.45, 2.75) is 31.6 Å². The largest absolute Gasteiger partial charge is 0.336 e. The maximum Gasteiger partial charge on any atom is 0.227 e. The Bertz CT molecular complexity index is 745. The standard InChI is InChI=1S/C16H21N3O3S/c1-11-3-2-4-13(17-11)9-18-7-12-8-19(10-15(12)16(18)20)23(21,22)14-5-6-14/h2-4,12,14-15H,5-10H2,1H3/t12-,15+/m1/s1. The fourth-order valence-electron chi connectivity index (χ4n) is 3.71. The highest BCUT2D eigenvalue weighted by Gasteiger charge is 2.51. The molecule has 7 heteroatoms. The number of rotatable bonds is 4. The molecule has 0 spiro atoms. The summed E-state index contributed by atoms with van der Waals surface area (Å²) < 4.78 is 26.2. The van der Waals surface area contributed by atoms with Gasteiger partial charge in [-0.15, -0.1) is 0 Å². The number of carbonyl (C=O) groups excluding carboxylic acids is 1. The van der Waals surface area contributed by atoms with Crippen molar-refractivity contribution in [2.24, 2.45) is 11.8 Å². The van der Waals surface area contributed by atoms with Gasteiger partial charge in [0.25, 0.3) is 0 Å². The Morgan fingerprint density at radius 2 is 2.00 bits per heavy atom. The van der Waals surface area contributed by atoms with Gasteiger partial charge < -0.3 is 4.90 Å². The van der Waals surface area contributed by atoms with Crippen LogP contribution in [0.25, 0.3) is 0 Å². The van der Waals surface area contributed by atoms with E-state index in [1.54, 1.807) is 4.31 Å². The second-order valence-electron chi connectivity index (χ2n) is 6.92. The summed E-state index contributed by atoms with van der Waals surface area (Å²) in [4.78, 5) is 18.9. The van der Waals surface area contributed by atoms with Crippen molar-refractivity contribution in [2.75, 3.05) is 19.6 Å². The van der Waals surface area contributed by atoms with Gasteiger partial charge in [-0.1, -0.05) is 6.07 Å². The van der Waals surface area contributed by atoms with Gasteiger partial charge >= 0.3 is 0 Å². The van der Waals surface area contributed by atoms with Crippen LogP contribution in [0.2, 0.25) is 0 Å². The van der Waals surface area contributed by atoms with Crippen LogP contribution in [-0.4, -0.2) is 53.4 Å². The van der Waals surface area contributed by atoms with Crippen LogP contribution in [0.1, 0.15) is 24.2 Å². The first kappa shape index (κ1) is 15.1. The molecule has 2 aliphatic heterocycles. The lowest BCUT2D eigenvalue weighted by Crippen LogP contribution is -2.37. The van der Waals surface area contributed by atoms with E-state index in [0.29, 0.717) is 26.2 Å². The Labute approximate surface area is 136 Å². The van der Waals surface area contributed by atoms with Crippen LogP contribution in [0.4, 0.5) is 0 Å². The molecule has 124 valence electrons. The van der Waals surface area contributed by atoms with Crippen LogP contribution in [0, 0.1) is 18.8 Å². The molecule has 3 fully saturated rings. The maximum atomic E-state index is 12.6. The van der Waals surface area contributed by atoms with E-state index in [2.05, 4.69) is 4.98 Å². The summed E-state index contributed by atoms with van der Waals surface area (Å²) in [5, 5.41) is -0.191. The van der Waals surface area contributed by atoms with Gasteiger partial charge in [0.1, 0.15) is 0 Å². The third-order valence-corrected chi connectivity index (χ3v) is 7.43. The number of carbonyl (C=O) groups is 1. The Kier molecular flexibility index (Phi) is 3.46. The number of hydrogen-bond acceptors (Lipinski definition) is 4. The fourth-order valence-corrected chi connectivity index (χ4v) is 5.64. The Hall–Kier alpha value is -1.47. The molecule has 1 saturated carbocycles. The first-order valence-electron chi connectivity index (χ1n) is 8.15. The van der Waals surface area contributed by atoms with E-state index in [-0.39, 0.29) is 23.0 Å². The molecule has 4 rings (SSSR count). The van der Waals surface area contributed by atoms with Crippen molar-refractivity contribution in [1.29, 1.82) is 0 Å².